The van der Waals surface area contributed by atoms with Gasteiger partial charge in [0.2, 0.25) is 0 Å². The predicted octanol–water partition coefficient (Wildman–Crippen LogP) is 14.1. The lowest BCUT2D eigenvalue weighted by Crippen LogP contribution is -2.07. The van der Waals surface area contributed by atoms with E-state index >= 15 is 0 Å². The molecule has 0 spiro atoms. The molecular formula is C50H40N2S2. The molecule has 4 heteroatoms. The predicted molar refractivity (Wildman–Crippen MR) is 232 cm³/mol. The van der Waals surface area contributed by atoms with Crippen LogP contribution in [-0.2, 0) is 25.7 Å². The largest absolute Gasteiger partial charge is 0.314 e. The summed E-state index contributed by atoms with van der Waals surface area (Å²) in [4.78, 5) is 6.84. The molecule has 0 saturated heterocycles. The summed E-state index contributed by atoms with van der Waals surface area (Å²) in [7, 11) is 0. The number of aromatic nitrogens is 2. The molecule has 0 N–H and O–H groups in total. The molecule has 54 heavy (non-hydrogen) atoms. The van der Waals surface area contributed by atoms with Crippen LogP contribution in [0.2, 0.25) is 0 Å². The normalized spacial score (nSPS) is 14.8. The van der Waals surface area contributed by atoms with Gasteiger partial charge in [-0.15, -0.1) is 22.7 Å². The van der Waals surface area contributed by atoms with Gasteiger partial charge < -0.3 is 4.57 Å². The second-order valence-electron chi connectivity index (χ2n) is 15.2. The Hall–Kier alpha value is -5.29. The Bertz CT molecular complexity index is 2800. The van der Waals surface area contributed by atoms with Crippen LogP contribution < -0.4 is 0 Å². The first-order valence-electron chi connectivity index (χ1n) is 19.5. The summed E-state index contributed by atoms with van der Waals surface area (Å²) in [6.07, 6.45) is 18.9. The van der Waals surface area contributed by atoms with E-state index in [1.807, 2.05) is 22.7 Å². The number of hydrogen-bond donors (Lipinski definition) is 0. The monoisotopic (exact) mass is 732 g/mol. The molecule has 11 rings (SSSR count). The zero-order valence-corrected chi connectivity index (χ0v) is 32.1. The minimum atomic E-state index is 1.06. The minimum absolute atomic E-state index is 1.06. The van der Waals surface area contributed by atoms with Gasteiger partial charge in [0, 0.05) is 43.3 Å². The number of thiazole rings is 1. The van der Waals surface area contributed by atoms with Crippen molar-refractivity contribution in [3.05, 3.63) is 154 Å². The van der Waals surface area contributed by atoms with Gasteiger partial charge in [-0.3, -0.25) is 0 Å². The molecule has 3 heterocycles. The van der Waals surface area contributed by atoms with E-state index in [9.17, 15) is 0 Å². The zero-order chi connectivity index (χ0) is 35.8. The van der Waals surface area contributed by atoms with E-state index in [-0.39, 0.29) is 0 Å². The number of hydrogen-bond acceptors (Lipinski definition) is 3. The van der Waals surface area contributed by atoms with Crippen LogP contribution in [0.1, 0.15) is 64.2 Å². The first-order chi connectivity index (χ1) is 26.7. The fourth-order valence-corrected chi connectivity index (χ4v) is 11.6. The molecule has 0 unspecified atom stereocenters. The van der Waals surface area contributed by atoms with Crippen LogP contribution in [0.3, 0.4) is 0 Å². The Morgan fingerprint density at radius 2 is 1.22 bits per heavy atom. The lowest BCUT2D eigenvalue weighted by Gasteiger charge is -2.17. The summed E-state index contributed by atoms with van der Waals surface area (Å²) < 4.78 is 5.20. The van der Waals surface area contributed by atoms with Crippen molar-refractivity contribution in [3.63, 3.8) is 0 Å². The number of nitrogens with zero attached hydrogens (tertiary/aromatic N) is 2. The lowest BCUT2D eigenvalue weighted by molar-refractivity contribution is 0.660. The molecule has 0 radical (unpaired) electrons. The maximum absolute atomic E-state index is 5.42. The summed E-state index contributed by atoms with van der Waals surface area (Å²) in [6, 6.07) is 38.7. The summed E-state index contributed by atoms with van der Waals surface area (Å²) >= 11 is 3.75. The van der Waals surface area contributed by atoms with Gasteiger partial charge >= 0.3 is 0 Å². The van der Waals surface area contributed by atoms with Crippen molar-refractivity contribution < 1.29 is 0 Å². The quantitative estimate of drug-likeness (QED) is 0.172. The van der Waals surface area contributed by atoms with Crippen LogP contribution in [0.4, 0.5) is 0 Å². The summed E-state index contributed by atoms with van der Waals surface area (Å²) in [5.41, 5.74) is 19.9. The van der Waals surface area contributed by atoms with E-state index in [0.717, 1.165) is 35.4 Å². The van der Waals surface area contributed by atoms with Gasteiger partial charge in [-0.05, 0) is 127 Å². The first-order valence-corrected chi connectivity index (χ1v) is 21.2. The fourth-order valence-electron chi connectivity index (χ4n) is 9.20. The molecule has 8 aromatic rings. The third-order valence-corrected chi connectivity index (χ3v) is 14.3. The van der Waals surface area contributed by atoms with Crippen molar-refractivity contribution in [2.75, 3.05) is 0 Å². The molecule has 0 atom stereocenters. The molecule has 262 valence electrons. The van der Waals surface area contributed by atoms with Gasteiger partial charge in [-0.2, -0.15) is 0 Å². The molecule has 0 saturated carbocycles. The average molecular weight is 733 g/mol. The van der Waals surface area contributed by atoms with E-state index in [1.165, 1.54) is 113 Å². The number of allylic oxidation sites excluding steroid dienone is 2. The van der Waals surface area contributed by atoms with E-state index in [0.29, 0.717) is 0 Å². The molecule has 2 nitrogen and oxygen atoms in total. The second kappa shape index (κ2) is 12.9. The van der Waals surface area contributed by atoms with E-state index < -0.39 is 0 Å². The van der Waals surface area contributed by atoms with Crippen LogP contribution in [0.25, 0.3) is 82.1 Å². The number of benzene rings is 5. The van der Waals surface area contributed by atoms with Gasteiger partial charge in [-0.25, -0.2) is 4.98 Å². The molecule has 0 amide bonds. The average Bonchev–Trinajstić information content (AvgIpc) is 3.94. The third kappa shape index (κ3) is 5.22. The Morgan fingerprint density at radius 3 is 2.06 bits per heavy atom. The topological polar surface area (TPSA) is 17.8 Å². The van der Waals surface area contributed by atoms with Crippen molar-refractivity contribution in [2.45, 2.75) is 58.3 Å². The van der Waals surface area contributed by atoms with E-state index in [1.54, 1.807) is 11.1 Å². The van der Waals surface area contributed by atoms with Gasteiger partial charge in [-0.1, -0.05) is 109 Å². The standard InChI is InChI=1S/C50H40N2S2/c1-31-17-19-32(20-18-31)37-29-30-39(34-25-27-36(28-26-34)52-44-14-5-2-9-40(44)41-10-3-6-15-45(41)52)49-47(37)51-50(54-49)35-23-21-33(22-24-35)38-12-8-13-43-42-11-4-7-16-46(42)53-48(38)43/h5,7-8,12-14,16-30H,2-4,6,9-11,15H2,1H3. The third-order valence-electron chi connectivity index (χ3n) is 11.9. The lowest BCUT2D eigenvalue weighted by atomic mass is 9.91. The zero-order valence-electron chi connectivity index (χ0n) is 30.5. The van der Waals surface area contributed by atoms with Crippen molar-refractivity contribution >= 4 is 55.1 Å². The molecule has 0 aliphatic heterocycles. The highest BCUT2D eigenvalue weighted by Crippen LogP contribution is 2.44. The fraction of sp³-hybridized carbons (Fsp3) is 0.180. The summed E-state index contributed by atoms with van der Waals surface area (Å²) in [5.74, 6) is 0. The van der Waals surface area contributed by atoms with Crippen molar-refractivity contribution in [2.24, 2.45) is 0 Å². The van der Waals surface area contributed by atoms with E-state index in [4.69, 9.17) is 4.98 Å². The number of aryl methyl sites for hydroxylation is 2. The van der Waals surface area contributed by atoms with Crippen LogP contribution in [-0.4, -0.2) is 9.55 Å². The Morgan fingerprint density at radius 1 is 0.556 bits per heavy atom. The Balaban J connectivity index is 0.998. The summed E-state index contributed by atoms with van der Waals surface area (Å²) in [6.45, 7) is 2.15. The van der Waals surface area contributed by atoms with Crippen LogP contribution in [0, 0.1) is 6.92 Å². The number of thiophene rings is 1. The maximum atomic E-state index is 5.42. The van der Waals surface area contributed by atoms with Crippen molar-refractivity contribution in [1.82, 2.24) is 9.55 Å². The molecule has 5 aromatic carbocycles. The highest BCUT2D eigenvalue weighted by molar-refractivity contribution is 7.22. The van der Waals surface area contributed by atoms with Crippen molar-refractivity contribution in [3.8, 4) is 49.6 Å². The van der Waals surface area contributed by atoms with Gasteiger partial charge in [0.15, 0.2) is 0 Å². The smallest absolute Gasteiger partial charge is 0.124 e. The molecule has 0 fully saturated rings. The molecule has 3 aliphatic carbocycles. The number of fused-ring (bicyclic) bond motifs is 7. The van der Waals surface area contributed by atoms with Crippen LogP contribution in [0.5, 0.6) is 0 Å². The minimum Gasteiger partial charge on any atom is -0.314 e. The Kier molecular flexibility index (Phi) is 7.70. The van der Waals surface area contributed by atoms with Gasteiger partial charge in [0.1, 0.15) is 5.01 Å². The summed E-state index contributed by atoms with van der Waals surface area (Å²) in [5, 5.41) is 2.47. The second-order valence-corrected chi connectivity index (χ2v) is 17.2. The molecule has 3 aliphatic rings. The maximum Gasteiger partial charge on any atom is 0.124 e. The molecular weight excluding hydrogens is 693 g/mol. The van der Waals surface area contributed by atoms with E-state index in [2.05, 4.69) is 139 Å². The highest BCUT2D eigenvalue weighted by Gasteiger charge is 2.25. The van der Waals surface area contributed by atoms with Gasteiger partial charge in [0.05, 0.1) is 10.2 Å². The van der Waals surface area contributed by atoms with Gasteiger partial charge in [0.25, 0.3) is 0 Å². The Labute approximate surface area is 324 Å². The number of rotatable bonds is 5. The van der Waals surface area contributed by atoms with Crippen molar-refractivity contribution in [1.29, 1.82) is 0 Å². The highest BCUT2D eigenvalue weighted by atomic mass is 32.1. The van der Waals surface area contributed by atoms with Crippen LogP contribution >= 0.6 is 22.7 Å². The molecule has 0 bridgehead atoms. The first kappa shape index (κ1) is 32.2. The SMILES string of the molecule is Cc1ccc(-c2ccc(-c3ccc(-n4c5c(c6c4CCCC6)CCC=C5)cc3)c3sc(-c4ccc(-c5cccc6c7c(sc56)C=CCC7)cc4)nc23)cc1. The molecule has 3 aromatic heterocycles. The van der Waals surface area contributed by atoms with Crippen LogP contribution in [0.15, 0.2) is 115 Å².